The van der Waals surface area contributed by atoms with Crippen LogP contribution in [0.4, 0.5) is 44.2 Å². The first kappa shape index (κ1) is 116. The molecule has 0 bridgehead atoms. The second kappa shape index (κ2) is 53.1. The number of anilines is 7. The highest BCUT2D eigenvalue weighted by atomic mass is 19.1. The van der Waals surface area contributed by atoms with Crippen LogP contribution in [0.15, 0.2) is 267 Å². The zero-order valence-electron chi connectivity index (χ0n) is 97.9. The predicted molar refractivity (Wildman–Crippen MR) is 653 cm³/mol. The number of hydrogen-bond acceptors (Lipinski definition) is 7. The number of unbranched alkanes of at least 4 members (excludes halogenated alkanes) is 5. The molecular formula is C142H194FN7. The van der Waals surface area contributed by atoms with Crippen LogP contribution in [0, 0.1) is 50.6 Å². The average molecular weight is 2020 g/mol. The third kappa shape index (κ3) is 33.3. The van der Waals surface area contributed by atoms with Crippen molar-refractivity contribution in [2.45, 2.75) is 356 Å². The first-order chi connectivity index (χ1) is 71.4. The zero-order valence-corrected chi connectivity index (χ0v) is 97.9. The topological polar surface area (TPSA) is 66.6 Å². The van der Waals surface area contributed by atoms with E-state index in [1.54, 1.807) is 16.7 Å². The highest BCUT2D eigenvalue weighted by molar-refractivity contribution is 5.65. The van der Waals surface area contributed by atoms with Crippen LogP contribution in [0.5, 0.6) is 0 Å². The summed E-state index contributed by atoms with van der Waals surface area (Å²) in [6.07, 6.45) is 26.7. The van der Waals surface area contributed by atoms with Crippen LogP contribution in [0.1, 0.15) is 415 Å². The van der Waals surface area contributed by atoms with Gasteiger partial charge in [0.1, 0.15) is 5.82 Å². The maximum Gasteiger partial charge on any atom is 0.123 e. The lowest BCUT2D eigenvalue weighted by molar-refractivity contribution is 0.298. The van der Waals surface area contributed by atoms with E-state index in [4.69, 9.17) is 0 Å². The molecule has 804 valence electrons. The monoisotopic (exact) mass is 2020 g/mol. The molecule has 150 heavy (non-hydrogen) atoms. The quantitative estimate of drug-likeness (QED) is 0.0460. The summed E-state index contributed by atoms with van der Waals surface area (Å²) >= 11 is 0. The van der Waals surface area contributed by atoms with Gasteiger partial charge in [0, 0.05) is 99.2 Å². The molecule has 12 aromatic rings. The molecule has 0 aliphatic carbocycles. The van der Waals surface area contributed by atoms with Crippen LogP contribution in [-0.4, -0.2) is 59.4 Å². The number of nitrogens with one attached hydrogen (secondary N) is 5. The summed E-state index contributed by atoms with van der Waals surface area (Å²) in [5.74, 6) is 4.37. The van der Waals surface area contributed by atoms with Crippen molar-refractivity contribution in [3.8, 4) is 0 Å². The van der Waals surface area contributed by atoms with E-state index >= 15 is 0 Å². The standard InChI is InChI=1S/C23H31N.2C21H27N.C20H24FN.C20H25N.C19H31N.C18H29N/c1-5-14-24-15-13-21(23(2,3)4)20-17-19(11-12-22(20)24)16-18-9-7-6-8-10-18;1-15-5-7-16(8-6-15)13-17-9-10-20-18(14-17)19(11-12-22-20)21(2,3)4;1-21(2,3)19-12-13-22(4)20-11-10-17(15-18(19)20)14-16-8-6-5-7-9-16;1-20(2,3)18-10-11-22-19-9-6-15(13-17(18)19)12-14-4-7-16(21)8-5-14;1-20(2,3)18-11-12-21-19-10-9-16(14-17(18)19)13-15-7-5-4-6-8-15;1-5-6-7-8-9-15-10-11-18-16(14-15)17(12-13-20-18)19(2,3)4;1-5-6-7-8-14-9-10-17-15(13-14)16(11-12-19-17)18(2,3)4/h6-12,17,21H,5,13-16H2,1-4H3;5-10,14,19,22H,11-13H2,1-4H3;5-11,15,19H,12-14H2,1-4H3;4-9,13,18,22H,10-12H2,1-3H3;4-10,14,18,21H,11-13H2,1-3H3;10-11,14,17,20H,5-9,12-13H2,1-4H3;9-10,13,16,19H,5-8,11-12H2,1-4H3. The van der Waals surface area contributed by atoms with Crippen molar-refractivity contribution in [1.82, 2.24) is 0 Å². The van der Waals surface area contributed by atoms with Gasteiger partial charge in [-0.25, -0.2) is 4.39 Å². The van der Waals surface area contributed by atoms with Gasteiger partial charge in [-0.2, -0.15) is 0 Å². The Labute approximate surface area is 911 Å². The summed E-state index contributed by atoms with van der Waals surface area (Å²) in [4.78, 5) is 4.99. The Balaban J connectivity index is 0.000000146. The van der Waals surface area contributed by atoms with Gasteiger partial charge in [0.05, 0.1) is 0 Å². The third-order valence-electron chi connectivity index (χ3n) is 33.1. The van der Waals surface area contributed by atoms with Crippen molar-refractivity contribution >= 4 is 39.8 Å². The summed E-state index contributed by atoms with van der Waals surface area (Å²) in [6, 6.07) is 97.1. The number of fused-ring (bicyclic) bond motifs is 7. The lowest BCUT2D eigenvalue weighted by Crippen LogP contribution is -2.35. The molecule has 5 N–H and O–H groups in total. The minimum Gasteiger partial charge on any atom is -0.385 e. The fourth-order valence-corrected chi connectivity index (χ4v) is 24.7. The van der Waals surface area contributed by atoms with Crippen molar-refractivity contribution in [1.29, 1.82) is 0 Å². The van der Waals surface area contributed by atoms with Crippen molar-refractivity contribution in [2.24, 2.45) is 37.9 Å². The molecule has 19 rings (SSSR count). The molecule has 0 spiro atoms. The summed E-state index contributed by atoms with van der Waals surface area (Å²) in [6.45, 7) is 67.6. The second-order valence-corrected chi connectivity index (χ2v) is 52.6. The molecule has 7 unspecified atom stereocenters. The summed E-state index contributed by atoms with van der Waals surface area (Å²) in [5, 5.41) is 17.8. The van der Waals surface area contributed by atoms with E-state index in [1.165, 1.54) is 263 Å². The number of benzene rings is 12. The molecule has 7 nitrogen and oxygen atoms in total. The predicted octanol–water partition coefficient (Wildman–Crippen LogP) is 38.5. The SMILES string of the molecule is CC(C)(C)C1CCNc2ccc(Cc3ccc(F)cc3)cc21.CC(C)(C)C1CCNc2ccc(Cc3ccccc3)cc21.CCCCCCc1ccc2c(c1)C(C(C)(C)C)CCN2.CCCCCc1ccc2c(c1)C(C(C)(C)C)CCN2.CCCN1CCC(C(C)(C)C)c2cc(Cc3ccccc3)ccc21.CN1CCC(C(C)(C)C)c2cc(Cc3ccccc3)ccc21.Cc1ccc(Cc2ccc3c(c2)C(C(C)(C)C)CCN3)cc1. The van der Waals surface area contributed by atoms with Crippen molar-refractivity contribution in [3.05, 3.63) is 384 Å². The third-order valence-corrected chi connectivity index (χ3v) is 33.1. The van der Waals surface area contributed by atoms with Crippen LogP contribution in [0.25, 0.3) is 0 Å². The van der Waals surface area contributed by atoms with E-state index in [2.05, 4.69) is 459 Å². The Hall–Kier alpha value is -10.8. The maximum atomic E-state index is 13.0. The van der Waals surface area contributed by atoms with Crippen LogP contribution in [-0.2, 0) is 44.9 Å². The van der Waals surface area contributed by atoms with Gasteiger partial charge in [0.2, 0.25) is 0 Å². The normalized spacial score (nSPS) is 18.1. The van der Waals surface area contributed by atoms with Crippen LogP contribution in [0.2, 0.25) is 0 Å². The van der Waals surface area contributed by atoms with Gasteiger partial charge < -0.3 is 36.4 Å². The molecule has 7 atom stereocenters. The minimum absolute atomic E-state index is 0.175. The number of halogens is 1. The molecule has 0 saturated carbocycles. The lowest BCUT2D eigenvalue weighted by atomic mass is 9.72. The molecule has 0 radical (unpaired) electrons. The summed E-state index contributed by atoms with van der Waals surface area (Å²) in [5.41, 5.74) is 40.5. The van der Waals surface area contributed by atoms with Crippen molar-refractivity contribution in [2.75, 3.05) is 95.8 Å². The molecule has 0 fully saturated rings. The van der Waals surface area contributed by atoms with Gasteiger partial charge in [0.15, 0.2) is 0 Å². The van der Waals surface area contributed by atoms with Gasteiger partial charge in [-0.1, -0.05) is 416 Å². The van der Waals surface area contributed by atoms with Crippen LogP contribution >= 0.6 is 0 Å². The maximum absolute atomic E-state index is 13.0. The Morgan fingerprint density at radius 2 is 0.493 bits per heavy atom. The van der Waals surface area contributed by atoms with E-state index in [0.29, 0.717) is 73.9 Å². The smallest absolute Gasteiger partial charge is 0.123 e. The summed E-state index contributed by atoms with van der Waals surface area (Å²) in [7, 11) is 2.22. The molecule has 0 aromatic heterocycles. The molecule has 0 amide bonds. The molecule has 7 aliphatic rings. The highest BCUT2D eigenvalue weighted by Crippen LogP contribution is 2.52. The van der Waals surface area contributed by atoms with Gasteiger partial charge in [0.25, 0.3) is 0 Å². The van der Waals surface area contributed by atoms with Crippen molar-refractivity contribution in [3.63, 3.8) is 0 Å². The largest absolute Gasteiger partial charge is 0.385 e. The summed E-state index contributed by atoms with van der Waals surface area (Å²) < 4.78 is 13.0. The van der Waals surface area contributed by atoms with E-state index in [-0.39, 0.29) is 11.2 Å². The Kier molecular flexibility index (Phi) is 41.2. The Morgan fingerprint density at radius 1 is 0.247 bits per heavy atom. The molecule has 7 aliphatic heterocycles. The number of hydrogen-bond donors (Lipinski definition) is 5. The van der Waals surface area contributed by atoms with E-state index in [9.17, 15) is 4.39 Å². The van der Waals surface area contributed by atoms with E-state index in [1.807, 2.05) is 12.1 Å². The first-order valence-corrected chi connectivity index (χ1v) is 58.4. The highest BCUT2D eigenvalue weighted by Gasteiger charge is 2.39. The van der Waals surface area contributed by atoms with E-state index < -0.39 is 0 Å². The van der Waals surface area contributed by atoms with Gasteiger partial charge in [-0.05, 0) is 356 Å². The fourth-order valence-electron chi connectivity index (χ4n) is 24.7. The lowest BCUT2D eigenvalue weighted by Gasteiger charge is -2.41. The Bertz CT molecular complexity index is 6040. The number of nitrogens with zero attached hydrogens (tertiary/aromatic N) is 2. The molecule has 12 aromatic carbocycles. The molecule has 0 saturated heterocycles. The molecule has 8 heteroatoms. The number of aryl methyl sites for hydroxylation is 3. The van der Waals surface area contributed by atoms with Gasteiger partial charge in [-0.3, -0.25) is 0 Å². The van der Waals surface area contributed by atoms with Gasteiger partial charge in [-0.15, -0.1) is 0 Å². The van der Waals surface area contributed by atoms with Crippen molar-refractivity contribution < 1.29 is 4.39 Å². The van der Waals surface area contributed by atoms with Gasteiger partial charge >= 0.3 is 0 Å². The van der Waals surface area contributed by atoms with Crippen LogP contribution < -0.4 is 36.4 Å². The van der Waals surface area contributed by atoms with E-state index in [0.717, 1.165) is 76.9 Å². The Morgan fingerprint density at radius 3 is 0.807 bits per heavy atom. The number of rotatable bonds is 21. The average Bonchev–Trinajstić information content (AvgIpc) is 0.833. The second-order valence-electron chi connectivity index (χ2n) is 52.6. The fraction of sp³-hybridized carbons (Fsp3) is 0.493. The molecule has 7 heterocycles. The first-order valence-electron chi connectivity index (χ1n) is 58.4. The minimum atomic E-state index is -0.175. The zero-order chi connectivity index (χ0) is 108. The van der Waals surface area contributed by atoms with Crippen LogP contribution in [0.3, 0.4) is 0 Å². The molecular weight excluding hydrogens is 1820 g/mol.